The number of carbonyl (C=O) groups is 1. The molecule has 1 aromatic rings. The van der Waals surface area contributed by atoms with E-state index in [2.05, 4.69) is 10.7 Å². The van der Waals surface area contributed by atoms with Crippen molar-refractivity contribution in [2.24, 2.45) is 11.8 Å². The van der Waals surface area contributed by atoms with Gasteiger partial charge in [-0.15, -0.1) is 0 Å². The van der Waals surface area contributed by atoms with Gasteiger partial charge in [-0.05, 0) is 19.1 Å². The van der Waals surface area contributed by atoms with Gasteiger partial charge in [-0.3, -0.25) is 9.80 Å². The molecule has 0 saturated carbocycles. The highest BCUT2D eigenvalue weighted by Gasteiger charge is 2.57. The van der Waals surface area contributed by atoms with Crippen LogP contribution in [0.25, 0.3) is 0 Å². The fraction of sp³-hybridized carbons (Fsp3) is 0.500. The zero-order chi connectivity index (χ0) is 15.2. The zero-order valence-corrected chi connectivity index (χ0v) is 11.4. The summed E-state index contributed by atoms with van der Waals surface area (Å²) in [6, 6.07) is 8.67. The standard InChI is InChI=1S/C14H16F3N3O/c1-8-12-10(14(15,16)17)7-11(21)18-13(12)20(19-8)9-5-3-2-4-6-9/h2-6,8,10,12-13,19H,7H2,1H3,(H,18,21). The van der Waals surface area contributed by atoms with Crippen molar-refractivity contribution in [3.05, 3.63) is 30.3 Å². The van der Waals surface area contributed by atoms with Gasteiger partial charge in [-0.1, -0.05) is 18.2 Å². The monoisotopic (exact) mass is 299 g/mol. The van der Waals surface area contributed by atoms with Gasteiger partial charge in [0.25, 0.3) is 0 Å². The molecule has 1 aromatic carbocycles. The van der Waals surface area contributed by atoms with Crippen LogP contribution in [-0.2, 0) is 4.79 Å². The summed E-state index contributed by atoms with van der Waals surface area (Å²) in [6.07, 6.45) is -5.56. The third kappa shape index (κ3) is 2.46. The Morgan fingerprint density at radius 3 is 2.52 bits per heavy atom. The number of halogens is 3. The van der Waals surface area contributed by atoms with Crippen molar-refractivity contribution < 1.29 is 18.0 Å². The summed E-state index contributed by atoms with van der Waals surface area (Å²) in [4.78, 5) is 11.7. The summed E-state index contributed by atoms with van der Waals surface area (Å²) in [7, 11) is 0. The predicted molar refractivity (Wildman–Crippen MR) is 71.1 cm³/mol. The normalized spacial score (nSPS) is 32.8. The second-order valence-corrected chi connectivity index (χ2v) is 5.57. The van der Waals surface area contributed by atoms with Crippen LogP contribution in [0.4, 0.5) is 18.9 Å². The molecule has 4 unspecified atom stereocenters. The molecular formula is C14H16F3N3O. The van der Waals surface area contributed by atoms with Crippen LogP contribution in [0.5, 0.6) is 0 Å². The Kier molecular flexibility index (Phi) is 3.32. The maximum atomic E-state index is 13.2. The summed E-state index contributed by atoms with van der Waals surface area (Å²) in [6.45, 7) is 1.72. The fourth-order valence-electron chi connectivity index (χ4n) is 3.28. The molecule has 3 rings (SSSR count). The first-order chi connectivity index (χ1) is 9.88. The number of nitrogens with one attached hydrogen (secondary N) is 2. The van der Waals surface area contributed by atoms with Crippen LogP contribution in [0.15, 0.2) is 30.3 Å². The van der Waals surface area contributed by atoms with Crippen molar-refractivity contribution in [2.75, 3.05) is 5.01 Å². The molecular weight excluding hydrogens is 283 g/mol. The number of anilines is 1. The van der Waals surface area contributed by atoms with Crippen molar-refractivity contribution >= 4 is 11.6 Å². The molecule has 1 amide bonds. The molecule has 2 saturated heterocycles. The molecule has 2 heterocycles. The number of piperidine rings is 1. The lowest BCUT2D eigenvalue weighted by molar-refractivity contribution is -0.199. The third-order valence-corrected chi connectivity index (χ3v) is 4.20. The predicted octanol–water partition coefficient (Wildman–Crippen LogP) is 2.04. The van der Waals surface area contributed by atoms with Crippen molar-refractivity contribution in [3.8, 4) is 0 Å². The summed E-state index contributed by atoms with van der Waals surface area (Å²) in [5.41, 5.74) is 3.79. The van der Waals surface area contributed by atoms with E-state index in [1.54, 1.807) is 36.2 Å². The average molecular weight is 299 g/mol. The number of fused-ring (bicyclic) bond motifs is 1. The van der Waals surface area contributed by atoms with Gasteiger partial charge in [0.15, 0.2) is 0 Å². The van der Waals surface area contributed by atoms with Crippen LogP contribution in [0, 0.1) is 11.8 Å². The SMILES string of the molecule is CC1NN(c2ccccc2)C2NC(=O)CC(C(F)(F)F)C12. The summed E-state index contributed by atoms with van der Waals surface area (Å²) in [5.74, 6) is -2.88. The van der Waals surface area contributed by atoms with Crippen molar-refractivity contribution in [2.45, 2.75) is 31.7 Å². The lowest BCUT2D eigenvalue weighted by Crippen LogP contribution is -2.57. The Morgan fingerprint density at radius 1 is 1.24 bits per heavy atom. The van der Waals surface area contributed by atoms with E-state index < -0.39 is 36.5 Å². The molecule has 2 N–H and O–H groups in total. The molecule has 21 heavy (non-hydrogen) atoms. The first-order valence-electron chi connectivity index (χ1n) is 6.84. The van der Waals surface area contributed by atoms with Crippen molar-refractivity contribution in [3.63, 3.8) is 0 Å². The van der Waals surface area contributed by atoms with E-state index in [4.69, 9.17) is 0 Å². The van der Waals surface area contributed by atoms with Gasteiger partial charge in [-0.25, -0.2) is 5.43 Å². The zero-order valence-electron chi connectivity index (χ0n) is 11.4. The minimum Gasteiger partial charge on any atom is -0.334 e. The van der Waals surface area contributed by atoms with Gasteiger partial charge in [0, 0.05) is 18.4 Å². The van der Waals surface area contributed by atoms with Gasteiger partial charge in [-0.2, -0.15) is 13.2 Å². The van der Waals surface area contributed by atoms with Crippen LogP contribution in [0.2, 0.25) is 0 Å². The Bertz CT molecular complexity index is 534. The van der Waals surface area contributed by atoms with E-state index in [0.29, 0.717) is 0 Å². The molecule has 7 heteroatoms. The first-order valence-corrected chi connectivity index (χ1v) is 6.84. The molecule has 2 fully saturated rings. The molecule has 4 nitrogen and oxygen atoms in total. The van der Waals surface area contributed by atoms with Gasteiger partial charge in [0.05, 0.1) is 11.6 Å². The molecule has 0 bridgehead atoms. The largest absolute Gasteiger partial charge is 0.392 e. The topological polar surface area (TPSA) is 44.4 Å². The van der Waals surface area contributed by atoms with Gasteiger partial charge >= 0.3 is 6.18 Å². The number of amides is 1. The molecule has 0 spiro atoms. The van der Waals surface area contributed by atoms with Crippen LogP contribution < -0.4 is 15.8 Å². The van der Waals surface area contributed by atoms with Crippen LogP contribution in [-0.4, -0.2) is 24.3 Å². The van der Waals surface area contributed by atoms with E-state index in [1.807, 2.05) is 6.07 Å². The first kappa shape index (κ1) is 14.2. The number of hydrogen-bond acceptors (Lipinski definition) is 3. The number of hydrogen-bond donors (Lipinski definition) is 2. The van der Waals surface area contributed by atoms with Gasteiger partial charge in [0.2, 0.25) is 5.91 Å². The molecule has 2 aliphatic rings. The Labute approximate surface area is 120 Å². The number of alkyl halides is 3. The lowest BCUT2D eigenvalue weighted by Gasteiger charge is -2.38. The van der Waals surface area contributed by atoms with E-state index in [-0.39, 0.29) is 6.04 Å². The summed E-state index contributed by atoms with van der Waals surface area (Å²) in [5, 5.41) is 4.31. The minimum absolute atomic E-state index is 0.373. The van der Waals surface area contributed by atoms with Gasteiger partial charge < -0.3 is 5.32 Å². The number of rotatable bonds is 1. The Balaban J connectivity index is 1.94. The van der Waals surface area contributed by atoms with Crippen LogP contribution >= 0.6 is 0 Å². The van der Waals surface area contributed by atoms with Crippen LogP contribution in [0.3, 0.4) is 0 Å². The van der Waals surface area contributed by atoms with Gasteiger partial charge in [0.1, 0.15) is 6.17 Å². The number of para-hydroxylation sites is 1. The van der Waals surface area contributed by atoms with Crippen molar-refractivity contribution in [1.82, 2.24) is 10.7 Å². The maximum absolute atomic E-state index is 13.2. The van der Waals surface area contributed by atoms with E-state index in [0.717, 1.165) is 5.69 Å². The minimum atomic E-state index is -4.37. The molecule has 0 radical (unpaired) electrons. The molecule has 2 aliphatic heterocycles. The second-order valence-electron chi connectivity index (χ2n) is 5.57. The molecule has 0 aromatic heterocycles. The number of benzene rings is 1. The smallest absolute Gasteiger partial charge is 0.334 e. The second kappa shape index (κ2) is 4.91. The summed E-state index contributed by atoms with van der Waals surface area (Å²) < 4.78 is 39.7. The van der Waals surface area contributed by atoms with Crippen molar-refractivity contribution in [1.29, 1.82) is 0 Å². The van der Waals surface area contributed by atoms with Crippen LogP contribution in [0.1, 0.15) is 13.3 Å². The third-order valence-electron chi connectivity index (χ3n) is 4.20. The average Bonchev–Trinajstić information content (AvgIpc) is 2.75. The summed E-state index contributed by atoms with van der Waals surface area (Å²) >= 11 is 0. The number of carbonyl (C=O) groups excluding carboxylic acids is 1. The quantitative estimate of drug-likeness (QED) is 0.834. The van der Waals surface area contributed by atoms with E-state index >= 15 is 0 Å². The highest BCUT2D eigenvalue weighted by molar-refractivity contribution is 5.78. The fourth-order valence-corrected chi connectivity index (χ4v) is 3.28. The number of nitrogens with zero attached hydrogens (tertiary/aromatic N) is 1. The van der Waals surface area contributed by atoms with E-state index in [9.17, 15) is 18.0 Å². The maximum Gasteiger partial charge on any atom is 0.392 e. The lowest BCUT2D eigenvalue weighted by atomic mass is 9.80. The molecule has 114 valence electrons. The molecule has 4 atom stereocenters. The Morgan fingerprint density at radius 2 is 1.90 bits per heavy atom. The highest BCUT2D eigenvalue weighted by Crippen LogP contribution is 2.43. The molecule has 0 aliphatic carbocycles. The Hall–Kier alpha value is -1.76. The van der Waals surface area contributed by atoms with E-state index in [1.165, 1.54) is 0 Å². The number of hydrazine groups is 1. The highest BCUT2D eigenvalue weighted by atomic mass is 19.4.